The van der Waals surface area contributed by atoms with Crippen molar-refractivity contribution in [3.05, 3.63) is 30.1 Å². The maximum absolute atomic E-state index is 4.39. The number of imidazole rings is 1. The van der Waals surface area contributed by atoms with E-state index in [0.717, 1.165) is 30.9 Å². The van der Waals surface area contributed by atoms with E-state index in [1.54, 1.807) is 0 Å². The fourth-order valence-corrected chi connectivity index (χ4v) is 2.37. The molecule has 2 aromatic rings. The molecule has 18 heavy (non-hydrogen) atoms. The third-order valence-corrected chi connectivity index (χ3v) is 3.68. The van der Waals surface area contributed by atoms with Crippen LogP contribution in [0.3, 0.4) is 0 Å². The smallest absolute Gasteiger partial charge is 0.0955 e. The van der Waals surface area contributed by atoms with Gasteiger partial charge in [0.2, 0.25) is 0 Å². The van der Waals surface area contributed by atoms with E-state index < -0.39 is 0 Å². The standard InChI is InChI=1S/C14H20N4/c1-18-10-17-13-6-11(2-3-14(13)18)4-5-15-7-12-8-16-9-12/h2-3,6,10,12,15-16H,4-5,7-9H2,1H3. The van der Waals surface area contributed by atoms with Gasteiger partial charge in [-0.15, -0.1) is 0 Å². The van der Waals surface area contributed by atoms with Crippen LogP contribution < -0.4 is 10.6 Å². The molecular formula is C14H20N4. The number of rotatable bonds is 5. The van der Waals surface area contributed by atoms with Gasteiger partial charge < -0.3 is 15.2 Å². The van der Waals surface area contributed by atoms with Crippen molar-refractivity contribution in [2.75, 3.05) is 26.2 Å². The van der Waals surface area contributed by atoms with Gasteiger partial charge >= 0.3 is 0 Å². The second-order valence-corrected chi connectivity index (χ2v) is 5.16. The van der Waals surface area contributed by atoms with E-state index in [9.17, 15) is 0 Å². The van der Waals surface area contributed by atoms with Crippen LogP contribution in [-0.4, -0.2) is 35.7 Å². The zero-order valence-electron chi connectivity index (χ0n) is 10.8. The quantitative estimate of drug-likeness (QED) is 0.769. The molecule has 0 bridgehead atoms. The predicted molar refractivity (Wildman–Crippen MR) is 73.6 cm³/mol. The molecule has 1 aliphatic rings. The molecule has 0 aliphatic carbocycles. The molecule has 2 heterocycles. The summed E-state index contributed by atoms with van der Waals surface area (Å²) in [4.78, 5) is 4.39. The summed E-state index contributed by atoms with van der Waals surface area (Å²) in [7, 11) is 2.03. The summed E-state index contributed by atoms with van der Waals surface area (Å²) in [6, 6.07) is 6.56. The van der Waals surface area contributed by atoms with Crippen LogP contribution in [0.2, 0.25) is 0 Å². The van der Waals surface area contributed by atoms with Crippen molar-refractivity contribution in [3.63, 3.8) is 0 Å². The molecule has 0 radical (unpaired) electrons. The predicted octanol–water partition coefficient (Wildman–Crippen LogP) is 0.925. The minimum absolute atomic E-state index is 0.836. The fourth-order valence-electron chi connectivity index (χ4n) is 2.37. The first kappa shape index (κ1) is 11.7. The van der Waals surface area contributed by atoms with Crippen LogP contribution in [0.1, 0.15) is 5.56 Å². The van der Waals surface area contributed by atoms with Gasteiger partial charge in [0.25, 0.3) is 0 Å². The van der Waals surface area contributed by atoms with Crippen LogP contribution in [-0.2, 0) is 13.5 Å². The van der Waals surface area contributed by atoms with E-state index in [2.05, 4.69) is 38.4 Å². The van der Waals surface area contributed by atoms with Crippen molar-refractivity contribution in [1.82, 2.24) is 20.2 Å². The molecule has 1 aromatic heterocycles. The molecule has 1 saturated heterocycles. The normalized spacial score (nSPS) is 16.1. The van der Waals surface area contributed by atoms with Gasteiger partial charge in [-0.25, -0.2) is 4.98 Å². The summed E-state index contributed by atoms with van der Waals surface area (Å²) in [5.41, 5.74) is 3.66. The molecule has 0 saturated carbocycles. The SMILES string of the molecule is Cn1cnc2cc(CCNCC3CNC3)ccc21. The van der Waals surface area contributed by atoms with Crippen LogP contribution >= 0.6 is 0 Å². The number of benzene rings is 1. The third-order valence-electron chi connectivity index (χ3n) is 3.68. The van der Waals surface area contributed by atoms with E-state index in [1.807, 2.05) is 13.4 Å². The van der Waals surface area contributed by atoms with Gasteiger partial charge in [0.15, 0.2) is 0 Å². The second kappa shape index (κ2) is 5.08. The van der Waals surface area contributed by atoms with Crippen molar-refractivity contribution in [2.24, 2.45) is 13.0 Å². The Morgan fingerprint density at radius 2 is 2.33 bits per heavy atom. The zero-order chi connectivity index (χ0) is 12.4. The highest BCUT2D eigenvalue weighted by molar-refractivity contribution is 5.75. The average molecular weight is 244 g/mol. The van der Waals surface area contributed by atoms with E-state index >= 15 is 0 Å². The highest BCUT2D eigenvalue weighted by atomic mass is 15.0. The molecule has 2 N–H and O–H groups in total. The maximum atomic E-state index is 4.39. The van der Waals surface area contributed by atoms with Crippen molar-refractivity contribution >= 4 is 11.0 Å². The third kappa shape index (κ3) is 2.40. The van der Waals surface area contributed by atoms with Gasteiger partial charge in [-0.05, 0) is 36.6 Å². The highest BCUT2D eigenvalue weighted by Gasteiger charge is 2.15. The van der Waals surface area contributed by atoms with E-state index in [-0.39, 0.29) is 0 Å². The fraction of sp³-hybridized carbons (Fsp3) is 0.500. The minimum atomic E-state index is 0.836. The van der Waals surface area contributed by atoms with Gasteiger partial charge in [-0.1, -0.05) is 6.07 Å². The first-order valence-electron chi connectivity index (χ1n) is 6.64. The van der Waals surface area contributed by atoms with Gasteiger partial charge in [0, 0.05) is 26.7 Å². The first-order valence-corrected chi connectivity index (χ1v) is 6.64. The molecule has 4 nitrogen and oxygen atoms in total. The summed E-state index contributed by atoms with van der Waals surface area (Å²) < 4.78 is 2.06. The molecule has 1 fully saturated rings. The number of aryl methyl sites for hydroxylation is 1. The van der Waals surface area contributed by atoms with E-state index in [0.29, 0.717) is 0 Å². The Balaban J connectivity index is 1.53. The number of hydrogen-bond acceptors (Lipinski definition) is 3. The van der Waals surface area contributed by atoms with Crippen LogP contribution in [0.4, 0.5) is 0 Å². The first-order chi connectivity index (χ1) is 8.83. The molecule has 1 aliphatic heterocycles. The molecule has 96 valence electrons. The lowest BCUT2D eigenvalue weighted by Gasteiger charge is -2.27. The Morgan fingerprint density at radius 3 is 3.11 bits per heavy atom. The molecule has 0 spiro atoms. The van der Waals surface area contributed by atoms with Crippen LogP contribution in [0.25, 0.3) is 11.0 Å². The van der Waals surface area contributed by atoms with E-state index in [4.69, 9.17) is 0 Å². The van der Waals surface area contributed by atoms with Crippen LogP contribution in [0.15, 0.2) is 24.5 Å². The summed E-state index contributed by atoms with van der Waals surface area (Å²) in [6.45, 7) is 4.54. The lowest BCUT2D eigenvalue weighted by atomic mass is 10.0. The van der Waals surface area contributed by atoms with Gasteiger partial charge in [0.1, 0.15) is 0 Å². The number of hydrogen-bond donors (Lipinski definition) is 2. The van der Waals surface area contributed by atoms with Crippen molar-refractivity contribution < 1.29 is 0 Å². The lowest BCUT2D eigenvalue weighted by molar-refractivity contribution is 0.333. The summed E-state index contributed by atoms with van der Waals surface area (Å²) in [5, 5.41) is 6.82. The summed E-state index contributed by atoms with van der Waals surface area (Å²) in [5.74, 6) is 0.836. The van der Waals surface area contributed by atoms with Gasteiger partial charge in [-0.3, -0.25) is 0 Å². The molecule has 0 atom stereocenters. The number of aromatic nitrogens is 2. The Morgan fingerprint density at radius 1 is 1.44 bits per heavy atom. The van der Waals surface area contributed by atoms with Crippen molar-refractivity contribution in [1.29, 1.82) is 0 Å². The zero-order valence-corrected chi connectivity index (χ0v) is 10.8. The van der Waals surface area contributed by atoms with Crippen LogP contribution in [0.5, 0.6) is 0 Å². The Bertz CT molecular complexity index is 528. The number of nitrogens with one attached hydrogen (secondary N) is 2. The molecular weight excluding hydrogens is 224 g/mol. The molecule has 3 rings (SSSR count). The van der Waals surface area contributed by atoms with E-state index in [1.165, 1.54) is 24.2 Å². The minimum Gasteiger partial charge on any atom is -0.334 e. The Hall–Kier alpha value is -1.39. The molecule has 0 unspecified atom stereocenters. The van der Waals surface area contributed by atoms with Gasteiger partial charge in [-0.2, -0.15) is 0 Å². The Kier molecular flexibility index (Phi) is 3.30. The van der Waals surface area contributed by atoms with Crippen LogP contribution in [0, 0.1) is 5.92 Å². The highest BCUT2D eigenvalue weighted by Crippen LogP contribution is 2.14. The summed E-state index contributed by atoms with van der Waals surface area (Å²) in [6.07, 6.45) is 2.95. The lowest BCUT2D eigenvalue weighted by Crippen LogP contribution is -2.47. The molecule has 0 amide bonds. The summed E-state index contributed by atoms with van der Waals surface area (Å²) >= 11 is 0. The van der Waals surface area contributed by atoms with Crippen molar-refractivity contribution in [2.45, 2.75) is 6.42 Å². The topological polar surface area (TPSA) is 41.9 Å². The molecule has 1 aromatic carbocycles. The largest absolute Gasteiger partial charge is 0.334 e. The monoisotopic (exact) mass is 244 g/mol. The molecule has 4 heteroatoms. The number of nitrogens with zero attached hydrogens (tertiary/aromatic N) is 2. The van der Waals surface area contributed by atoms with Gasteiger partial charge in [0.05, 0.1) is 17.4 Å². The number of fused-ring (bicyclic) bond motifs is 1. The second-order valence-electron chi connectivity index (χ2n) is 5.16. The Labute approximate surface area is 107 Å². The maximum Gasteiger partial charge on any atom is 0.0955 e. The average Bonchev–Trinajstić information content (AvgIpc) is 2.68. The van der Waals surface area contributed by atoms with Crippen molar-refractivity contribution in [3.8, 4) is 0 Å².